The Balaban J connectivity index is 1.70. The summed E-state index contributed by atoms with van der Waals surface area (Å²) < 4.78 is 12.8. The fraction of sp³-hybridized carbons (Fsp3) is 0.174. The van der Waals surface area contributed by atoms with Crippen molar-refractivity contribution in [2.24, 2.45) is 5.10 Å². The van der Waals surface area contributed by atoms with Crippen LogP contribution in [0.25, 0.3) is 0 Å². The van der Waals surface area contributed by atoms with E-state index in [9.17, 15) is 0 Å². The van der Waals surface area contributed by atoms with Crippen LogP contribution in [0.15, 0.2) is 59.7 Å². The van der Waals surface area contributed by atoms with Gasteiger partial charge in [0.2, 0.25) is 0 Å². The molecule has 4 nitrogen and oxygen atoms in total. The zero-order valence-corrected chi connectivity index (χ0v) is 21.1. The molecule has 0 aliphatic heterocycles. The average molecular weight is 590 g/mol. The Kier molecular flexibility index (Phi) is 9.14. The van der Waals surface area contributed by atoms with Crippen LogP contribution in [0.1, 0.15) is 23.6 Å². The molecule has 3 aromatic rings. The monoisotopic (exact) mass is 588 g/mol. The van der Waals surface area contributed by atoms with Gasteiger partial charge >= 0.3 is 0 Å². The van der Waals surface area contributed by atoms with E-state index in [0.717, 1.165) is 20.3 Å². The highest BCUT2D eigenvalue weighted by atomic mass is 127. The fourth-order valence-corrected chi connectivity index (χ4v) is 4.19. The maximum Gasteiger partial charge on any atom is 0.175 e. The van der Waals surface area contributed by atoms with E-state index in [4.69, 9.17) is 44.3 Å². The van der Waals surface area contributed by atoms with Crippen LogP contribution >= 0.6 is 57.4 Å². The van der Waals surface area contributed by atoms with Crippen LogP contribution in [0.5, 0.6) is 11.5 Å². The van der Waals surface area contributed by atoms with Gasteiger partial charge in [0.25, 0.3) is 0 Å². The van der Waals surface area contributed by atoms with Gasteiger partial charge in [0, 0.05) is 20.6 Å². The van der Waals surface area contributed by atoms with Crippen LogP contribution in [-0.2, 0) is 13.2 Å². The number of ether oxygens (including phenoxy) is 2. The van der Waals surface area contributed by atoms with Crippen molar-refractivity contribution in [1.29, 1.82) is 0 Å². The van der Waals surface area contributed by atoms with Crippen LogP contribution in [0.2, 0.25) is 15.1 Å². The Bertz CT molecular complexity index is 1040. The molecule has 31 heavy (non-hydrogen) atoms. The molecule has 3 rings (SSSR count). The maximum atomic E-state index is 6.19. The summed E-state index contributed by atoms with van der Waals surface area (Å²) in [5.74, 6) is 1.37. The summed E-state index contributed by atoms with van der Waals surface area (Å²) in [6, 6.07) is 16.9. The van der Waals surface area contributed by atoms with Gasteiger partial charge in [-0.2, -0.15) is 5.10 Å². The van der Waals surface area contributed by atoms with Crippen molar-refractivity contribution in [3.05, 3.63) is 89.9 Å². The van der Waals surface area contributed by atoms with Crippen molar-refractivity contribution in [2.75, 3.05) is 6.61 Å². The van der Waals surface area contributed by atoms with Gasteiger partial charge in [0.05, 0.1) is 22.9 Å². The Labute approximate surface area is 210 Å². The smallest absolute Gasteiger partial charge is 0.175 e. The number of hydrazone groups is 1. The normalized spacial score (nSPS) is 11.0. The highest BCUT2D eigenvalue weighted by molar-refractivity contribution is 14.1. The number of hydrogen-bond donors (Lipinski definition) is 1. The van der Waals surface area contributed by atoms with Gasteiger partial charge in [-0.25, -0.2) is 0 Å². The molecule has 0 heterocycles. The molecule has 0 saturated carbocycles. The largest absolute Gasteiger partial charge is 0.490 e. The number of nitrogens with zero attached hydrogens (tertiary/aromatic N) is 1. The lowest BCUT2D eigenvalue weighted by atomic mass is 10.2. The Morgan fingerprint density at radius 1 is 1.00 bits per heavy atom. The molecule has 0 unspecified atom stereocenters. The standard InChI is InChI=1S/C23H20Cl3IN2O2/c1-2-30-22-11-16(12-28-29-13-18-19(25)4-3-5-20(18)26)10-21(27)23(22)31-14-15-6-8-17(24)9-7-15/h3-12,29H,2,13-14H2,1H3/b28-12-. The topological polar surface area (TPSA) is 42.8 Å². The first-order valence-corrected chi connectivity index (χ1v) is 11.7. The summed E-state index contributed by atoms with van der Waals surface area (Å²) in [4.78, 5) is 0. The first-order chi connectivity index (χ1) is 15.0. The molecule has 0 fully saturated rings. The molecule has 1 N–H and O–H groups in total. The van der Waals surface area contributed by atoms with Crippen molar-refractivity contribution in [3.8, 4) is 11.5 Å². The van der Waals surface area contributed by atoms with Gasteiger partial charge in [-0.1, -0.05) is 53.0 Å². The van der Waals surface area contributed by atoms with E-state index >= 15 is 0 Å². The van der Waals surface area contributed by atoms with Crippen molar-refractivity contribution in [3.63, 3.8) is 0 Å². The SMILES string of the molecule is CCOc1cc(/C=N\NCc2c(Cl)cccc2Cl)cc(I)c1OCc1ccc(Cl)cc1. The molecule has 3 aromatic carbocycles. The molecule has 0 aromatic heterocycles. The second-order valence-electron chi connectivity index (χ2n) is 6.47. The fourth-order valence-electron chi connectivity index (χ4n) is 2.75. The summed E-state index contributed by atoms with van der Waals surface area (Å²) in [6.07, 6.45) is 1.72. The van der Waals surface area contributed by atoms with Crippen molar-refractivity contribution in [1.82, 2.24) is 5.43 Å². The van der Waals surface area contributed by atoms with E-state index < -0.39 is 0 Å². The Morgan fingerprint density at radius 2 is 1.71 bits per heavy atom. The lowest BCUT2D eigenvalue weighted by Gasteiger charge is -2.15. The Hall–Kier alpha value is -1.67. The Morgan fingerprint density at radius 3 is 2.39 bits per heavy atom. The van der Waals surface area contributed by atoms with Gasteiger partial charge in [-0.15, -0.1) is 0 Å². The highest BCUT2D eigenvalue weighted by Crippen LogP contribution is 2.34. The summed E-state index contributed by atoms with van der Waals surface area (Å²) in [5.41, 5.74) is 5.69. The van der Waals surface area contributed by atoms with Gasteiger partial charge in [0.15, 0.2) is 11.5 Å². The quantitative estimate of drug-likeness (QED) is 0.161. The predicted octanol–water partition coefficient (Wildman–Crippen LogP) is 7.35. The van der Waals surface area contributed by atoms with Crippen LogP contribution in [-0.4, -0.2) is 12.8 Å². The van der Waals surface area contributed by atoms with E-state index in [1.54, 1.807) is 18.3 Å². The van der Waals surface area contributed by atoms with E-state index in [0.29, 0.717) is 46.3 Å². The van der Waals surface area contributed by atoms with Gasteiger partial charge in [0.1, 0.15) is 6.61 Å². The summed E-state index contributed by atoms with van der Waals surface area (Å²) in [6.45, 7) is 3.30. The molecular weight excluding hydrogens is 570 g/mol. The zero-order valence-electron chi connectivity index (χ0n) is 16.7. The zero-order chi connectivity index (χ0) is 22.2. The lowest BCUT2D eigenvalue weighted by Crippen LogP contribution is -2.07. The third-order valence-corrected chi connectivity index (χ3v) is 6.01. The average Bonchev–Trinajstić information content (AvgIpc) is 2.74. The van der Waals surface area contributed by atoms with Crippen LogP contribution < -0.4 is 14.9 Å². The number of nitrogens with one attached hydrogen (secondary N) is 1. The minimum atomic E-state index is 0.417. The first kappa shape index (κ1) is 24.0. The van der Waals surface area contributed by atoms with Gasteiger partial charge in [-0.05, 0) is 77.0 Å². The number of halogens is 4. The number of hydrogen-bond acceptors (Lipinski definition) is 4. The van der Waals surface area contributed by atoms with Gasteiger partial charge < -0.3 is 14.9 Å². The molecule has 8 heteroatoms. The molecule has 0 radical (unpaired) electrons. The van der Waals surface area contributed by atoms with Gasteiger partial charge in [-0.3, -0.25) is 0 Å². The predicted molar refractivity (Wildman–Crippen MR) is 137 cm³/mol. The maximum absolute atomic E-state index is 6.19. The summed E-state index contributed by atoms with van der Waals surface area (Å²) in [7, 11) is 0. The number of rotatable bonds is 9. The molecule has 0 aliphatic rings. The number of benzene rings is 3. The van der Waals surface area contributed by atoms with E-state index in [1.165, 1.54) is 0 Å². The third kappa shape index (κ3) is 6.91. The van der Waals surface area contributed by atoms with Crippen LogP contribution in [0.3, 0.4) is 0 Å². The van der Waals surface area contributed by atoms with E-state index in [1.807, 2.05) is 49.4 Å². The highest BCUT2D eigenvalue weighted by Gasteiger charge is 2.12. The summed E-state index contributed by atoms with van der Waals surface area (Å²) >= 11 is 20.6. The third-order valence-electron chi connectivity index (χ3n) is 4.25. The molecule has 0 aliphatic carbocycles. The molecule has 162 valence electrons. The van der Waals surface area contributed by atoms with Crippen molar-refractivity contribution >= 4 is 63.6 Å². The van der Waals surface area contributed by atoms with Crippen molar-refractivity contribution < 1.29 is 9.47 Å². The second kappa shape index (κ2) is 11.8. The first-order valence-electron chi connectivity index (χ1n) is 9.50. The second-order valence-corrected chi connectivity index (χ2v) is 8.88. The lowest BCUT2D eigenvalue weighted by molar-refractivity contribution is 0.267. The van der Waals surface area contributed by atoms with Crippen molar-refractivity contribution in [2.45, 2.75) is 20.1 Å². The molecule has 0 atom stereocenters. The summed E-state index contributed by atoms with van der Waals surface area (Å²) in [5, 5.41) is 6.19. The minimum Gasteiger partial charge on any atom is -0.490 e. The molecule has 0 spiro atoms. The molecule has 0 saturated heterocycles. The molecule has 0 amide bonds. The van der Waals surface area contributed by atoms with Crippen LogP contribution in [0.4, 0.5) is 0 Å². The van der Waals surface area contributed by atoms with E-state index in [2.05, 4.69) is 33.1 Å². The molecule has 0 bridgehead atoms. The molecular formula is C23H20Cl3IN2O2. The minimum absolute atomic E-state index is 0.417. The van der Waals surface area contributed by atoms with Crippen LogP contribution in [0, 0.1) is 3.57 Å². The van der Waals surface area contributed by atoms with E-state index in [-0.39, 0.29) is 0 Å².